The maximum atomic E-state index is 10.6. The zero-order valence-corrected chi connectivity index (χ0v) is 11.8. The van der Waals surface area contributed by atoms with Crippen LogP contribution in [0.1, 0.15) is 68.3 Å². The molecule has 1 aliphatic rings. The minimum atomic E-state index is 0.451. The van der Waals surface area contributed by atoms with Gasteiger partial charge in [0.05, 0.1) is 0 Å². The number of aldehydes is 1. The standard InChI is InChI=1S/C17H24O/c1-17(2,3)16-10-8-15(9-11-16)14-6-4-13(12-18)5-7-14/h4-7,12,15-16H,8-11H2,1-3H3. The van der Waals surface area contributed by atoms with E-state index < -0.39 is 0 Å². The van der Waals surface area contributed by atoms with Crippen LogP contribution >= 0.6 is 0 Å². The first kappa shape index (κ1) is 13.3. The Kier molecular flexibility index (Phi) is 3.89. The van der Waals surface area contributed by atoms with Crippen LogP contribution in [0.25, 0.3) is 0 Å². The average molecular weight is 244 g/mol. The van der Waals surface area contributed by atoms with E-state index >= 15 is 0 Å². The minimum Gasteiger partial charge on any atom is -0.298 e. The third-order valence-electron chi connectivity index (χ3n) is 4.50. The van der Waals surface area contributed by atoms with Crippen molar-refractivity contribution in [3.63, 3.8) is 0 Å². The molecule has 98 valence electrons. The second-order valence-corrected chi connectivity index (χ2v) is 6.70. The SMILES string of the molecule is CC(C)(C)C1CCC(c2ccc(C=O)cc2)CC1. The van der Waals surface area contributed by atoms with Crippen LogP contribution in [0.2, 0.25) is 0 Å². The fraction of sp³-hybridized carbons (Fsp3) is 0.588. The fourth-order valence-electron chi connectivity index (χ4n) is 3.14. The van der Waals surface area contributed by atoms with E-state index in [4.69, 9.17) is 0 Å². The molecule has 0 bridgehead atoms. The molecule has 1 fully saturated rings. The highest BCUT2D eigenvalue weighted by Gasteiger charge is 2.29. The molecule has 1 heteroatoms. The maximum absolute atomic E-state index is 10.6. The highest BCUT2D eigenvalue weighted by molar-refractivity contribution is 5.74. The van der Waals surface area contributed by atoms with Crippen LogP contribution in [0, 0.1) is 11.3 Å². The summed E-state index contributed by atoms with van der Waals surface area (Å²) in [6, 6.07) is 8.15. The summed E-state index contributed by atoms with van der Waals surface area (Å²) in [6.07, 6.45) is 6.18. The fourth-order valence-corrected chi connectivity index (χ4v) is 3.14. The van der Waals surface area contributed by atoms with Crippen molar-refractivity contribution >= 4 is 6.29 Å². The van der Waals surface area contributed by atoms with Gasteiger partial charge in [-0.15, -0.1) is 0 Å². The monoisotopic (exact) mass is 244 g/mol. The van der Waals surface area contributed by atoms with Crippen LogP contribution in [-0.2, 0) is 0 Å². The second-order valence-electron chi connectivity index (χ2n) is 6.70. The topological polar surface area (TPSA) is 17.1 Å². The first-order chi connectivity index (χ1) is 8.50. The molecule has 0 spiro atoms. The summed E-state index contributed by atoms with van der Waals surface area (Å²) in [6.45, 7) is 7.07. The lowest BCUT2D eigenvalue weighted by molar-refractivity contribution is 0.112. The summed E-state index contributed by atoms with van der Waals surface area (Å²) >= 11 is 0. The van der Waals surface area contributed by atoms with E-state index in [0.29, 0.717) is 11.3 Å². The Morgan fingerprint density at radius 2 is 1.56 bits per heavy atom. The van der Waals surface area contributed by atoms with Crippen molar-refractivity contribution < 1.29 is 4.79 Å². The van der Waals surface area contributed by atoms with Crippen molar-refractivity contribution in [3.05, 3.63) is 35.4 Å². The molecule has 0 heterocycles. The van der Waals surface area contributed by atoms with Crippen LogP contribution in [0.15, 0.2) is 24.3 Å². The number of benzene rings is 1. The molecule has 0 radical (unpaired) electrons. The molecule has 2 rings (SSSR count). The summed E-state index contributed by atoms with van der Waals surface area (Å²) < 4.78 is 0. The molecule has 1 nitrogen and oxygen atoms in total. The van der Waals surface area contributed by atoms with Crippen LogP contribution in [-0.4, -0.2) is 6.29 Å². The highest BCUT2D eigenvalue weighted by Crippen LogP contribution is 2.43. The molecule has 0 amide bonds. The molecule has 1 saturated carbocycles. The minimum absolute atomic E-state index is 0.451. The van der Waals surface area contributed by atoms with Crippen molar-refractivity contribution in [2.75, 3.05) is 0 Å². The van der Waals surface area contributed by atoms with E-state index in [9.17, 15) is 4.79 Å². The van der Waals surface area contributed by atoms with Crippen LogP contribution in [0.5, 0.6) is 0 Å². The van der Waals surface area contributed by atoms with Crippen molar-refractivity contribution in [3.8, 4) is 0 Å². The summed E-state index contributed by atoms with van der Waals surface area (Å²) in [5.74, 6) is 1.56. The lowest BCUT2D eigenvalue weighted by Crippen LogP contribution is -2.25. The first-order valence-corrected chi connectivity index (χ1v) is 7.06. The van der Waals surface area contributed by atoms with Gasteiger partial charge in [0.2, 0.25) is 0 Å². The Bertz CT molecular complexity index is 389. The zero-order chi connectivity index (χ0) is 13.2. The molecule has 18 heavy (non-hydrogen) atoms. The van der Waals surface area contributed by atoms with Gasteiger partial charge < -0.3 is 0 Å². The van der Waals surface area contributed by atoms with Gasteiger partial charge in [0.15, 0.2) is 0 Å². The van der Waals surface area contributed by atoms with E-state index in [1.165, 1.54) is 31.2 Å². The number of carbonyl (C=O) groups is 1. The number of hydrogen-bond acceptors (Lipinski definition) is 1. The van der Waals surface area contributed by atoms with Gasteiger partial charge in [0.25, 0.3) is 0 Å². The zero-order valence-electron chi connectivity index (χ0n) is 11.8. The van der Waals surface area contributed by atoms with Crippen LogP contribution < -0.4 is 0 Å². The normalized spacial score (nSPS) is 24.8. The molecule has 1 aliphatic carbocycles. The molecule has 0 saturated heterocycles. The van der Waals surface area contributed by atoms with Gasteiger partial charge in [-0.25, -0.2) is 0 Å². The predicted octanol–water partition coefficient (Wildman–Crippen LogP) is 4.82. The Morgan fingerprint density at radius 1 is 1.00 bits per heavy atom. The average Bonchev–Trinajstić information content (AvgIpc) is 2.38. The lowest BCUT2D eigenvalue weighted by Gasteiger charge is -2.37. The predicted molar refractivity (Wildman–Crippen MR) is 76.0 cm³/mol. The van der Waals surface area contributed by atoms with Crippen molar-refractivity contribution in [2.24, 2.45) is 11.3 Å². The molecule has 1 aromatic carbocycles. The quantitative estimate of drug-likeness (QED) is 0.682. The van der Waals surface area contributed by atoms with Crippen molar-refractivity contribution in [1.29, 1.82) is 0 Å². The summed E-state index contributed by atoms with van der Waals surface area (Å²) in [7, 11) is 0. The van der Waals surface area contributed by atoms with E-state index in [1.807, 2.05) is 12.1 Å². The summed E-state index contributed by atoms with van der Waals surface area (Å²) in [4.78, 5) is 10.6. The van der Waals surface area contributed by atoms with Gasteiger partial charge >= 0.3 is 0 Å². The van der Waals surface area contributed by atoms with Crippen LogP contribution in [0.3, 0.4) is 0 Å². The van der Waals surface area contributed by atoms with Gasteiger partial charge in [-0.2, -0.15) is 0 Å². The van der Waals surface area contributed by atoms with Crippen LogP contribution in [0.4, 0.5) is 0 Å². The lowest BCUT2D eigenvalue weighted by atomic mass is 9.69. The molecular formula is C17H24O. The Labute approximate surface area is 111 Å². The second kappa shape index (κ2) is 5.26. The van der Waals surface area contributed by atoms with Gasteiger partial charge in [0.1, 0.15) is 6.29 Å². The first-order valence-electron chi connectivity index (χ1n) is 7.06. The Hall–Kier alpha value is -1.11. The molecule has 0 N–H and O–H groups in total. The third-order valence-corrected chi connectivity index (χ3v) is 4.50. The Morgan fingerprint density at radius 3 is 2.00 bits per heavy atom. The van der Waals surface area contributed by atoms with E-state index in [-0.39, 0.29) is 0 Å². The van der Waals surface area contributed by atoms with Gasteiger partial charge in [-0.3, -0.25) is 4.79 Å². The summed E-state index contributed by atoms with van der Waals surface area (Å²) in [5, 5.41) is 0. The molecule has 0 aliphatic heterocycles. The molecule has 1 aromatic rings. The maximum Gasteiger partial charge on any atom is 0.150 e. The molecule has 0 aromatic heterocycles. The molecule has 0 atom stereocenters. The smallest absolute Gasteiger partial charge is 0.150 e. The number of carbonyl (C=O) groups excluding carboxylic acids is 1. The third kappa shape index (κ3) is 3.01. The van der Waals surface area contributed by atoms with Gasteiger partial charge in [0, 0.05) is 5.56 Å². The van der Waals surface area contributed by atoms with E-state index in [1.54, 1.807) is 0 Å². The van der Waals surface area contributed by atoms with E-state index in [0.717, 1.165) is 17.8 Å². The largest absolute Gasteiger partial charge is 0.298 e. The van der Waals surface area contributed by atoms with Crippen molar-refractivity contribution in [1.82, 2.24) is 0 Å². The van der Waals surface area contributed by atoms with Gasteiger partial charge in [-0.05, 0) is 48.5 Å². The number of rotatable bonds is 2. The molecular weight excluding hydrogens is 220 g/mol. The van der Waals surface area contributed by atoms with Crippen molar-refractivity contribution in [2.45, 2.75) is 52.4 Å². The highest BCUT2D eigenvalue weighted by atomic mass is 16.1. The summed E-state index contributed by atoms with van der Waals surface area (Å²) in [5.41, 5.74) is 2.64. The van der Waals surface area contributed by atoms with Gasteiger partial charge in [-0.1, -0.05) is 45.0 Å². The molecule has 0 unspecified atom stereocenters. The number of hydrogen-bond donors (Lipinski definition) is 0. The Balaban J connectivity index is 1.98. The van der Waals surface area contributed by atoms with E-state index in [2.05, 4.69) is 32.9 Å².